The molecule has 0 bridgehead atoms. The minimum Gasteiger partial charge on any atom is -0.467 e. The van der Waals surface area contributed by atoms with Gasteiger partial charge in [0.2, 0.25) is 5.91 Å². The molecule has 2 aromatic rings. The van der Waals surface area contributed by atoms with E-state index in [2.05, 4.69) is 10.2 Å². The molecular formula is C35H46N4O7. The van der Waals surface area contributed by atoms with Crippen molar-refractivity contribution in [3.8, 4) is 0 Å². The van der Waals surface area contributed by atoms with E-state index < -0.39 is 59.1 Å². The average Bonchev–Trinajstić information content (AvgIpc) is 3.69. The highest BCUT2D eigenvalue weighted by molar-refractivity contribution is 5.97. The summed E-state index contributed by atoms with van der Waals surface area (Å²) in [4.78, 5) is 61.0. The van der Waals surface area contributed by atoms with E-state index in [-0.39, 0.29) is 12.8 Å². The molecule has 2 aromatic carbocycles. The number of hydrogen-bond donors (Lipinski definition) is 1. The molecule has 248 valence electrons. The molecular weight excluding hydrogens is 588 g/mol. The Morgan fingerprint density at radius 1 is 0.870 bits per heavy atom. The van der Waals surface area contributed by atoms with E-state index in [1.807, 2.05) is 54.6 Å². The van der Waals surface area contributed by atoms with Crippen LogP contribution in [0.15, 0.2) is 54.6 Å². The van der Waals surface area contributed by atoms with Gasteiger partial charge in [0.1, 0.15) is 29.5 Å². The van der Waals surface area contributed by atoms with Crippen molar-refractivity contribution < 1.29 is 33.4 Å². The predicted octanol–water partition coefficient (Wildman–Crippen LogP) is 4.97. The normalized spacial score (nSPS) is 23.4. The van der Waals surface area contributed by atoms with Crippen molar-refractivity contribution in [3.05, 3.63) is 65.7 Å². The summed E-state index contributed by atoms with van der Waals surface area (Å²) in [6, 6.07) is 14.8. The van der Waals surface area contributed by atoms with E-state index in [1.54, 1.807) is 41.5 Å². The van der Waals surface area contributed by atoms with E-state index in [9.17, 15) is 19.2 Å². The molecule has 3 heterocycles. The molecule has 11 heteroatoms. The summed E-state index contributed by atoms with van der Waals surface area (Å²) in [7, 11) is 1.28. The first kappa shape index (κ1) is 33.2. The zero-order valence-corrected chi connectivity index (χ0v) is 27.9. The summed E-state index contributed by atoms with van der Waals surface area (Å²) < 4.78 is 16.9. The minimum atomic E-state index is -1.08. The number of nitrogens with one attached hydrogen (secondary N) is 1. The monoisotopic (exact) mass is 634 g/mol. The standard InChI is InChI=1S/C35H46N4O7/c1-33(2,3)45-31(42)38-26-18-12-11-17-24(26)35(37-19-13-14-20-37)22-27(39(30(35)38)32(43)46-34(4,5)6)28(40)36-25(29(41)44-7)21-23-15-9-8-10-16-23/h8-12,15-18,25,27,30H,13-14,19-22H2,1-7H3,(H,36,40)/t25-,27+,30-,35+/m0/s1. The Bertz CT molecular complexity index is 1460. The zero-order valence-electron chi connectivity index (χ0n) is 27.9. The van der Waals surface area contributed by atoms with Crippen LogP contribution in [0.3, 0.4) is 0 Å². The summed E-state index contributed by atoms with van der Waals surface area (Å²) in [5.74, 6) is -1.14. The summed E-state index contributed by atoms with van der Waals surface area (Å²) in [6.45, 7) is 12.1. The van der Waals surface area contributed by atoms with Crippen LogP contribution in [0, 0.1) is 0 Å². The van der Waals surface area contributed by atoms with Gasteiger partial charge in [0.05, 0.1) is 18.3 Å². The van der Waals surface area contributed by atoms with Crippen molar-refractivity contribution in [1.29, 1.82) is 0 Å². The Balaban J connectivity index is 1.63. The Morgan fingerprint density at radius 3 is 2.07 bits per heavy atom. The quantitative estimate of drug-likeness (QED) is 0.350. The zero-order chi connectivity index (χ0) is 33.4. The molecule has 2 saturated heterocycles. The lowest BCUT2D eigenvalue weighted by atomic mass is 9.85. The van der Waals surface area contributed by atoms with Crippen LogP contribution in [0.2, 0.25) is 0 Å². The SMILES string of the molecule is COC(=O)[C@H](Cc1ccccc1)NC(=O)[C@H]1C[C@@]2(N3CCCC3)c3ccccc3N(C(=O)OC(C)(C)C)[C@H]2N1C(=O)OC(C)(C)C. The van der Waals surface area contributed by atoms with Crippen molar-refractivity contribution in [1.82, 2.24) is 15.1 Å². The van der Waals surface area contributed by atoms with Crippen LogP contribution in [0.4, 0.5) is 15.3 Å². The molecule has 0 saturated carbocycles. The second-order valence-corrected chi connectivity index (χ2v) is 14.2. The molecule has 46 heavy (non-hydrogen) atoms. The van der Waals surface area contributed by atoms with E-state index in [0.717, 1.165) is 37.1 Å². The molecule has 3 amide bonds. The van der Waals surface area contributed by atoms with Crippen LogP contribution < -0.4 is 10.2 Å². The number of fused-ring (bicyclic) bond motifs is 3. The van der Waals surface area contributed by atoms with Gasteiger partial charge in [-0.25, -0.2) is 14.4 Å². The number of benzene rings is 2. The second-order valence-electron chi connectivity index (χ2n) is 14.2. The number of nitrogens with zero attached hydrogens (tertiary/aromatic N) is 3. The van der Waals surface area contributed by atoms with Crippen molar-refractivity contribution in [2.45, 2.75) is 102 Å². The van der Waals surface area contributed by atoms with Gasteiger partial charge in [-0.3, -0.25) is 19.5 Å². The Morgan fingerprint density at radius 2 is 1.46 bits per heavy atom. The number of ether oxygens (including phenoxy) is 3. The number of likely N-dealkylation sites (tertiary alicyclic amines) is 2. The average molecular weight is 635 g/mol. The van der Waals surface area contributed by atoms with Gasteiger partial charge in [0, 0.05) is 18.4 Å². The van der Waals surface area contributed by atoms with Crippen molar-refractivity contribution in [2.24, 2.45) is 0 Å². The lowest BCUT2D eigenvalue weighted by Gasteiger charge is -2.42. The Kier molecular flexibility index (Phi) is 9.10. The van der Waals surface area contributed by atoms with Gasteiger partial charge in [-0.1, -0.05) is 48.5 Å². The molecule has 1 N–H and O–H groups in total. The number of para-hydroxylation sites is 1. The molecule has 11 nitrogen and oxygen atoms in total. The molecule has 0 aromatic heterocycles. The molecule has 0 aliphatic carbocycles. The first-order valence-corrected chi connectivity index (χ1v) is 16.0. The Hall–Kier alpha value is -4.12. The summed E-state index contributed by atoms with van der Waals surface area (Å²) >= 11 is 0. The maximum absolute atomic E-state index is 14.4. The highest BCUT2D eigenvalue weighted by Gasteiger charge is 2.68. The molecule has 0 radical (unpaired) electrons. The van der Waals surface area contributed by atoms with Crippen LogP contribution in [0.25, 0.3) is 0 Å². The van der Waals surface area contributed by atoms with E-state index >= 15 is 0 Å². The fourth-order valence-corrected chi connectivity index (χ4v) is 6.97. The van der Waals surface area contributed by atoms with Gasteiger partial charge in [0.15, 0.2) is 0 Å². The molecule has 4 atom stereocenters. The number of methoxy groups -OCH3 is 1. The van der Waals surface area contributed by atoms with Gasteiger partial charge >= 0.3 is 18.2 Å². The van der Waals surface area contributed by atoms with Gasteiger partial charge in [-0.05, 0) is 79.1 Å². The van der Waals surface area contributed by atoms with E-state index in [0.29, 0.717) is 5.69 Å². The lowest BCUT2D eigenvalue weighted by Crippen LogP contribution is -2.61. The maximum atomic E-state index is 14.4. The van der Waals surface area contributed by atoms with Crippen molar-refractivity contribution in [2.75, 3.05) is 25.1 Å². The highest BCUT2D eigenvalue weighted by atomic mass is 16.6. The summed E-state index contributed by atoms with van der Waals surface area (Å²) in [5, 5.41) is 2.89. The minimum absolute atomic E-state index is 0.179. The first-order valence-electron chi connectivity index (χ1n) is 16.0. The molecule has 3 aliphatic heterocycles. The molecule has 0 unspecified atom stereocenters. The molecule has 5 rings (SSSR count). The summed E-state index contributed by atoms with van der Waals surface area (Å²) in [6.07, 6.45) is -0.0597. The second kappa shape index (κ2) is 12.6. The van der Waals surface area contributed by atoms with Crippen molar-refractivity contribution >= 4 is 29.8 Å². The molecule has 0 spiro atoms. The third-order valence-electron chi connectivity index (χ3n) is 8.66. The highest BCUT2D eigenvalue weighted by Crippen LogP contribution is 2.57. The molecule has 2 fully saturated rings. The van der Waals surface area contributed by atoms with E-state index in [1.165, 1.54) is 16.9 Å². The van der Waals surface area contributed by atoms with Gasteiger partial charge in [-0.15, -0.1) is 0 Å². The van der Waals surface area contributed by atoms with Crippen LogP contribution in [0.1, 0.15) is 71.9 Å². The van der Waals surface area contributed by atoms with Crippen LogP contribution in [0.5, 0.6) is 0 Å². The fourth-order valence-electron chi connectivity index (χ4n) is 6.97. The van der Waals surface area contributed by atoms with Gasteiger partial charge < -0.3 is 19.5 Å². The van der Waals surface area contributed by atoms with Gasteiger partial charge in [0.25, 0.3) is 0 Å². The number of amides is 3. The number of rotatable bonds is 6. The molecule has 3 aliphatic rings. The lowest BCUT2D eigenvalue weighted by molar-refractivity contribution is -0.145. The largest absolute Gasteiger partial charge is 0.467 e. The summed E-state index contributed by atoms with van der Waals surface area (Å²) in [5.41, 5.74) is -0.334. The topological polar surface area (TPSA) is 118 Å². The number of carbonyl (C=O) groups is 4. The number of hydrogen-bond acceptors (Lipinski definition) is 8. The van der Waals surface area contributed by atoms with Crippen LogP contribution >= 0.6 is 0 Å². The van der Waals surface area contributed by atoms with Crippen molar-refractivity contribution in [3.63, 3.8) is 0 Å². The Labute approximate surface area is 271 Å². The van der Waals surface area contributed by atoms with E-state index in [4.69, 9.17) is 14.2 Å². The number of esters is 1. The number of anilines is 1. The van der Waals surface area contributed by atoms with Crippen LogP contribution in [-0.4, -0.2) is 83.5 Å². The number of carbonyl (C=O) groups excluding carboxylic acids is 4. The third-order valence-corrected chi connectivity index (χ3v) is 8.66. The van der Waals surface area contributed by atoms with Crippen LogP contribution in [-0.2, 0) is 35.8 Å². The third kappa shape index (κ3) is 6.42. The first-order chi connectivity index (χ1) is 21.7. The smallest absolute Gasteiger partial charge is 0.416 e. The maximum Gasteiger partial charge on any atom is 0.416 e. The fraction of sp³-hybridized carbons (Fsp3) is 0.543. The van der Waals surface area contributed by atoms with Gasteiger partial charge in [-0.2, -0.15) is 0 Å². The predicted molar refractivity (Wildman–Crippen MR) is 172 cm³/mol.